The molecular weight excluding hydrogens is 389 g/mol. The minimum Gasteiger partial charge on any atom is -0.465 e. The standard InChI is InChI=1S/C19H19BrFNO3/c1-13(14-4-8-16(20)9-5-14)22(19(24)25)12-2-3-18(23)15-6-10-17(21)11-7-15/h4-11,13H,2-3,12H2,1H3,(H,24,25)/t13-/m0/s1. The Hall–Kier alpha value is -2.21. The summed E-state index contributed by atoms with van der Waals surface area (Å²) < 4.78 is 13.8. The highest BCUT2D eigenvalue weighted by Crippen LogP contribution is 2.23. The Balaban J connectivity index is 1.95. The van der Waals surface area contributed by atoms with E-state index in [9.17, 15) is 19.1 Å². The molecule has 0 spiro atoms. The van der Waals surface area contributed by atoms with Crippen LogP contribution in [-0.2, 0) is 0 Å². The van der Waals surface area contributed by atoms with Gasteiger partial charge in [-0.25, -0.2) is 9.18 Å². The number of carbonyl (C=O) groups is 2. The first-order valence-corrected chi connectivity index (χ1v) is 8.71. The van der Waals surface area contributed by atoms with Crippen LogP contribution in [0.3, 0.4) is 0 Å². The van der Waals surface area contributed by atoms with Crippen molar-refractivity contribution in [1.82, 2.24) is 4.90 Å². The molecule has 2 rings (SSSR count). The van der Waals surface area contributed by atoms with Gasteiger partial charge in [0.05, 0.1) is 6.04 Å². The van der Waals surface area contributed by atoms with Gasteiger partial charge in [-0.1, -0.05) is 28.1 Å². The van der Waals surface area contributed by atoms with E-state index in [4.69, 9.17) is 0 Å². The van der Waals surface area contributed by atoms with Crippen molar-refractivity contribution in [2.45, 2.75) is 25.8 Å². The lowest BCUT2D eigenvalue weighted by atomic mass is 10.0. The number of hydrogen-bond donors (Lipinski definition) is 1. The summed E-state index contributed by atoms with van der Waals surface area (Å²) in [6.45, 7) is 2.07. The number of benzene rings is 2. The van der Waals surface area contributed by atoms with Gasteiger partial charge in [-0.15, -0.1) is 0 Å². The van der Waals surface area contributed by atoms with Gasteiger partial charge >= 0.3 is 6.09 Å². The van der Waals surface area contributed by atoms with Crippen molar-refractivity contribution in [3.8, 4) is 0 Å². The van der Waals surface area contributed by atoms with E-state index in [-0.39, 0.29) is 24.8 Å². The average molecular weight is 408 g/mol. The fourth-order valence-corrected chi connectivity index (χ4v) is 2.83. The van der Waals surface area contributed by atoms with Crippen LogP contribution in [0.2, 0.25) is 0 Å². The van der Waals surface area contributed by atoms with E-state index < -0.39 is 11.9 Å². The number of halogens is 2. The van der Waals surface area contributed by atoms with E-state index in [0.29, 0.717) is 12.0 Å². The maximum Gasteiger partial charge on any atom is 0.407 e. The first-order chi connectivity index (χ1) is 11.9. The summed E-state index contributed by atoms with van der Waals surface area (Å²) in [6, 6.07) is 12.5. The molecule has 1 N–H and O–H groups in total. The van der Waals surface area contributed by atoms with Gasteiger partial charge in [0.25, 0.3) is 0 Å². The summed E-state index contributed by atoms with van der Waals surface area (Å²) in [5.74, 6) is -0.515. The van der Waals surface area contributed by atoms with Crippen LogP contribution in [0.15, 0.2) is 53.0 Å². The number of hydrogen-bond acceptors (Lipinski definition) is 2. The molecule has 0 heterocycles. The maximum atomic E-state index is 12.9. The van der Waals surface area contributed by atoms with Crippen molar-refractivity contribution in [2.24, 2.45) is 0 Å². The smallest absolute Gasteiger partial charge is 0.407 e. The third kappa shape index (κ3) is 5.39. The van der Waals surface area contributed by atoms with E-state index in [1.807, 2.05) is 31.2 Å². The molecule has 0 bridgehead atoms. The zero-order valence-corrected chi connectivity index (χ0v) is 15.4. The van der Waals surface area contributed by atoms with Gasteiger partial charge in [0.2, 0.25) is 0 Å². The Morgan fingerprint density at radius 1 is 1.12 bits per heavy atom. The van der Waals surface area contributed by atoms with Gasteiger partial charge < -0.3 is 10.0 Å². The third-order valence-electron chi connectivity index (χ3n) is 4.03. The van der Waals surface area contributed by atoms with Crippen LogP contribution in [0, 0.1) is 5.82 Å². The highest BCUT2D eigenvalue weighted by atomic mass is 79.9. The molecule has 2 aromatic carbocycles. The van der Waals surface area contributed by atoms with Crippen LogP contribution in [0.5, 0.6) is 0 Å². The van der Waals surface area contributed by atoms with Crippen molar-refractivity contribution < 1.29 is 19.1 Å². The molecule has 0 fully saturated rings. The zero-order valence-electron chi connectivity index (χ0n) is 13.8. The van der Waals surface area contributed by atoms with Gasteiger partial charge in [0, 0.05) is 23.0 Å². The number of Topliss-reactive ketones (excluding diaryl/α,β-unsaturated/α-hetero) is 1. The van der Waals surface area contributed by atoms with Crippen molar-refractivity contribution in [2.75, 3.05) is 6.54 Å². The second kappa shape index (κ2) is 8.76. The lowest BCUT2D eigenvalue weighted by Crippen LogP contribution is -2.33. The van der Waals surface area contributed by atoms with Crippen LogP contribution in [0.1, 0.15) is 41.7 Å². The minimum absolute atomic E-state index is 0.123. The molecule has 4 nitrogen and oxygen atoms in total. The van der Waals surface area contributed by atoms with E-state index in [1.54, 1.807) is 0 Å². The largest absolute Gasteiger partial charge is 0.465 e. The number of carboxylic acid groups (broad SMARTS) is 1. The third-order valence-corrected chi connectivity index (χ3v) is 4.56. The Bertz CT molecular complexity index is 731. The van der Waals surface area contributed by atoms with Crippen molar-refractivity contribution in [3.05, 3.63) is 69.9 Å². The lowest BCUT2D eigenvalue weighted by Gasteiger charge is -2.26. The quantitative estimate of drug-likeness (QED) is 0.634. The maximum absolute atomic E-state index is 12.9. The van der Waals surface area contributed by atoms with Crippen LogP contribution in [0.25, 0.3) is 0 Å². The highest BCUT2D eigenvalue weighted by molar-refractivity contribution is 9.10. The van der Waals surface area contributed by atoms with E-state index in [0.717, 1.165) is 10.0 Å². The number of amides is 1. The normalized spacial score (nSPS) is 11.8. The molecule has 0 aliphatic carbocycles. The molecule has 132 valence electrons. The molecule has 1 atom stereocenters. The summed E-state index contributed by atoms with van der Waals surface area (Å²) in [5.41, 5.74) is 1.32. The summed E-state index contributed by atoms with van der Waals surface area (Å²) in [7, 11) is 0. The van der Waals surface area contributed by atoms with Crippen LogP contribution >= 0.6 is 15.9 Å². The summed E-state index contributed by atoms with van der Waals surface area (Å²) >= 11 is 3.35. The van der Waals surface area contributed by atoms with Crippen molar-refractivity contribution in [1.29, 1.82) is 0 Å². The van der Waals surface area contributed by atoms with Gasteiger partial charge in [0.1, 0.15) is 5.82 Å². The number of rotatable bonds is 7. The van der Waals surface area contributed by atoms with Gasteiger partial charge in [-0.2, -0.15) is 0 Å². The summed E-state index contributed by atoms with van der Waals surface area (Å²) in [4.78, 5) is 25.0. The molecule has 0 aliphatic heterocycles. The first-order valence-electron chi connectivity index (χ1n) is 7.92. The van der Waals surface area contributed by atoms with Crippen LogP contribution in [-0.4, -0.2) is 28.4 Å². The molecule has 1 amide bonds. The number of ketones is 1. The Kier molecular flexibility index (Phi) is 6.70. The van der Waals surface area contributed by atoms with Gasteiger partial charge in [-0.05, 0) is 55.3 Å². The highest BCUT2D eigenvalue weighted by Gasteiger charge is 2.21. The molecule has 2 aromatic rings. The predicted molar refractivity (Wildman–Crippen MR) is 97.3 cm³/mol. The molecule has 0 aromatic heterocycles. The van der Waals surface area contributed by atoms with E-state index >= 15 is 0 Å². The fraction of sp³-hybridized carbons (Fsp3) is 0.263. The molecule has 0 saturated carbocycles. The summed E-state index contributed by atoms with van der Waals surface area (Å²) in [5, 5.41) is 9.46. The summed E-state index contributed by atoms with van der Waals surface area (Å²) in [6.07, 6.45) is -0.407. The van der Waals surface area contributed by atoms with Crippen molar-refractivity contribution in [3.63, 3.8) is 0 Å². The van der Waals surface area contributed by atoms with Gasteiger partial charge in [0.15, 0.2) is 5.78 Å². The first kappa shape index (κ1) is 19.1. The second-order valence-electron chi connectivity index (χ2n) is 5.74. The molecule has 25 heavy (non-hydrogen) atoms. The second-order valence-corrected chi connectivity index (χ2v) is 6.65. The van der Waals surface area contributed by atoms with Crippen molar-refractivity contribution >= 4 is 27.8 Å². The van der Waals surface area contributed by atoms with E-state index in [2.05, 4.69) is 15.9 Å². The topological polar surface area (TPSA) is 57.6 Å². The molecule has 6 heteroatoms. The van der Waals surface area contributed by atoms with Gasteiger partial charge in [-0.3, -0.25) is 4.79 Å². The predicted octanol–water partition coefficient (Wildman–Crippen LogP) is 5.29. The Morgan fingerprint density at radius 2 is 1.72 bits per heavy atom. The fourth-order valence-electron chi connectivity index (χ4n) is 2.57. The molecular formula is C19H19BrFNO3. The SMILES string of the molecule is C[C@@H](c1ccc(Br)cc1)N(CCCC(=O)c1ccc(F)cc1)C(=O)O. The molecule has 0 aliphatic rings. The van der Waals surface area contributed by atoms with E-state index in [1.165, 1.54) is 29.2 Å². The molecule has 0 saturated heterocycles. The molecule has 0 radical (unpaired) electrons. The van der Waals surface area contributed by atoms with Crippen LogP contribution in [0.4, 0.5) is 9.18 Å². The number of carbonyl (C=O) groups excluding carboxylic acids is 1. The Labute approximate surface area is 154 Å². The van der Waals surface area contributed by atoms with Crippen LogP contribution < -0.4 is 0 Å². The lowest BCUT2D eigenvalue weighted by molar-refractivity contribution is 0.0961. The Morgan fingerprint density at radius 3 is 2.28 bits per heavy atom. The average Bonchev–Trinajstić information content (AvgIpc) is 2.59. The molecule has 0 unspecified atom stereocenters. The zero-order chi connectivity index (χ0) is 18.4. The monoisotopic (exact) mass is 407 g/mol. The minimum atomic E-state index is -1.02. The number of nitrogens with zero attached hydrogens (tertiary/aromatic N) is 1.